The monoisotopic (exact) mass is 326 g/mol. The predicted molar refractivity (Wildman–Crippen MR) is 82.8 cm³/mol. The van der Waals surface area contributed by atoms with Gasteiger partial charge in [0.2, 0.25) is 10.0 Å². The lowest BCUT2D eigenvalue weighted by atomic mass is 9.94. The summed E-state index contributed by atoms with van der Waals surface area (Å²) in [5.41, 5.74) is 1.07. The van der Waals surface area contributed by atoms with Gasteiger partial charge in [-0.25, -0.2) is 13.1 Å². The summed E-state index contributed by atoms with van der Waals surface area (Å²) in [6.45, 7) is 3.79. The van der Waals surface area contributed by atoms with Gasteiger partial charge in [0.05, 0.1) is 11.7 Å². The largest absolute Gasteiger partial charge is 0.316 e. The molecule has 21 heavy (non-hydrogen) atoms. The molecule has 2 atom stereocenters. The molecule has 0 saturated carbocycles. The Bertz CT molecular complexity index is 723. The molecule has 1 aromatic carbocycles. The Morgan fingerprint density at radius 3 is 3.05 bits per heavy atom. The van der Waals surface area contributed by atoms with E-state index in [-0.39, 0.29) is 10.9 Å². The van der Waals surface area contributed by atoms with Crippen LogP contribution in [0.25, 0.3) is 11.0 Å². The van der Waals surface area contributed by atoms with E-state index in [4.69, 9.17) is 0 Å². The molecule has 0 radical (unpaired) electrons. The fraction of sp³-hybridized carbons (Fsp3) is 0.538. The highest BCUT2D eigenvalue weighted by atomic mass is 32.2. The van der Waals surface area contributed by atoms with Crippen LogP contribution in [0.2, 0.25) is 0 Å². The maximum atomic E-state index is 12.6. The molecule has 8 heteroatoms. The molecule has 0 aliphatic carbocycles. The Morgan fingerprint density at radius 2 is 2.29 bits per heavy atom. The second-order valence-corrected chi connectivity index (χ2v) is 7.62. The lowest BCUT2D eigenvalue weighted by Gasteiger charge is -2.28. The third-order valence-corrected chi connectivity index (χ3v) is 6.05. The van der Waals surface area contributed by atoms with E-state index in [9.17, 15) is 8.42 Å². The summed E-state index contributed by atoms with van der Waals surface area (Å²) >= 11 is 1.03. The Morgan fingerprint density at radius 1 is 1.43 bits per heavy atom. The average Bonchev–Trinajstić information content (AvgIpc) is 2.95. The first kappa shape index (κ1) is 14.8. The number of hydrogen-bond acceptors (Lipinski definition) is 6. The Hall–Kier alpha value is -1.09. The number of nitrogens with one attached hydrogen (secondary N) is 2. The van der Waals surface area contributed by atoms with Gasteiger partial charge in [-0.05, 0) is 50.9 Å². The number of aromatic nitrogens is 2. The summed E-state index contributed by atoms with van der Waals surface area (Å²) < 4.78 is 36.2. The van der Waals surface area contributed by atoms with Crippen LogP contribution in [0.5, 0.6) is 0 Å². The summed E-state index contributed by atoms with van der Waals surface area (Å²) in [5, 5.41) is 3.31. The minimum atomic E-state index is -3.58. The normalized spacial score (nSPS) is 21.5. The molecule has 6 nitrogen and oxygen atoms in total. The van der Waals surface area contributed by atoms with Gasteiger partial charge in [-0.15, -0.1) is 0 Å². The van der Waals surface area contributed by atoms with Gasteiger partial charge in [-0.3, -0.25) is 0 Å². The van der Waals surface area contributed by atoms with Crippen molar-refractivity contribution in [3.8, 4) is 0 Å². The van der Waals surface area contributed by atoms with Crippen molar-refractivity contribution in [3.63, 3.8) is 0 Å². The lowest BCUT2D eigenvalue weighted by Crippen LogP contribution is -2.44. The summed E-state index contributed by atoms with van der Waals surface area (Å²) in [7, 11) is -3.58. The molecular weight excluding hydrogens is 308 g/mol. The van der Waals surface area contributed by atoms with E-state index >= 15 is 0 Å². The van der Waals surface area contributed by atoms with Crippen LogP contribution in [-0.4, -0.2) is 36.3 Å². The smallest absolute Gasteiger partial charge is 0.243 e. The van der Waals surface area contributed by atoms with Gasteiger partial charge >= 0.3 is 0 Å². The quantitative estimate of drug-likeness (QED) is 0.886. The van der Waals surface area contributed by atoms with Crippen molar-refractivity contribution in [2.75, 3.05) is 13.1 Å². The first-order valence-electron chi connectivity index (χ1n) is 7.02. The highest BCUT2D eigenvalue weighted by molar-refractivity contribution is 7.89. The van der Waals surface area contributed by atoms with Crippen LogP contribution in [0.1, 0.15) is 19.8 Å². The molecule has 3 rings (SSSR count). The zero-order valence-electron chi connectivity index (χ0n) is 11.7. The zero-order valence-corrected chi connectivity index (χ0v) is 13.4. The van der Waals surface area contributed by atoms with Crippen molar-refractivity contribution in [1.29, 1.82) is 0 Å². The van der Waals surface area contributed by atoms with E-state index < -0.39 is 10.0 Å². The molecule has 2 heterocycles. The number of nitrogens with zero attached hydrogens (tertiary/aromatic N) is 2. The van der Waals surface area contributed by atoms with Crippen LogP contribution >= 0.6 is 11.7 Å². The molecule has 1 fully saturated rings. The van der Waals surface area contributed by atoms with Crippen LogP contribution in [-0.2, 0) is 10.0 Å². The molecule has 0 spiro atoms. The molecule has 2 unspecified atom stereocenters. The number of fused-ring (bicyclic) bond motifs is 1. The first-order valence-corrected chi connectivity index (χ1v) is 9.23. The maximum absolute atomic E-state index is 12.6. The van der Waals surface area contributed by atoms with E-state index in [0.29, 0.717) is 17.0 Å². The molecule has 0 amide bonds. The molecule has 1 aromatic heterocycles. The van der Waals surface area contributed by atoms with Crippen LogP contribution in [0, 0.1) is 5.92 Å². The van der Waals surface area contributed by atoms with Crippen molar-refractivity contribution in [3.05, 3.63) is 18.2 Å². The van der Waals surface area contributed by atoms with Crippen molar-refractivity contribution < 1.29 is 8.42 Å². The molecular formula is C13H18N4O2S2. The van der Waals surface area contributed by atoms with Gasteiger partial charge in [-0.1, -0.05) is 6.07 Å². The number of sulfonamides is 1. The van der Waals surface area contributed by atoms with Gasteiger partial charge in [0.25, 0.3) is 0 Å². The number of hydrogen-bond donors (Lipinski definition) is 2. The van der Waals surface area contributed by atoms with E-state index in [1.165, 1.54) is 0 Å². The minimum Gasteiger partial charge on any atom is -0.316 e. The highest BCUT2D eigenvalue weighted by Gasteiger charge is 2.26. The summed E-state index contributed by atoms with van der Waals surface area (Å²) in [5.74, 6) is 0.321. The van der Waals surface area contributed by atoms with E-state index in [0.717, 1.165) is 37.7 Å². The molecule has 2 aromatic rings. The molecule has 2 N–H and O–H groups in total. The topological polar surface area (TPSA) is 84.0 Å². The Kier molecular flexibility index (Phi) is 4.21. The lowest BCUT2D eigenvalue weighted by molar-refractivity contribution is 0.320. The van der Waals surface area contributed by atoms with Crippen LogP contribution < -0.4 is 10.0 Å². The van der Waals surface area contributed by atoms with Gasteiger partial charge in [0.1, 0.15) is 15.9 Å². The standard InChI is InChI=1S/C13H18N4O2S2/c1-9(10-4-3-7-14-8-10)17-21(18,19)12-6-2-5-11-13(12)16-20-15-11/h2,5-6,9-10,14,17H,3-4,7-8H2,1H3. The SMILES string of the molecule is CC(NS(=O)(=O)c1cccc2nsnc12)C1CCCNC1. The molecule has 1 aliphatic heterocycles. The summed E-state index contributed by atoms with van der Waals surface area (Å²) in [4.78, 5) is 0.212. The van der Waals surface area contributed by atoms with Crippen molar-refractivity contribution in [2.45, 2.75) is 30.7 Å². The zero-order chi connectivity index (χ0) is 14.9. The van der Waals surface area contributed by atoms with Crippen molar-refractivity contribution >= 4 is 32.8 Å². The van der Waals surface area contributed by atoms with E-state index in [1.54, 1.807) is 18.2 Å². The average molecular weight is 326 g/mol. The third kappa shape index (κ3) is 3.08. The van der Waals surface area contributed by atoms with E-state index in [1.807, 2.05) is 6.92 Å². The number of benzene rings is 1. The van der Waals surface area contributed by atoms with Crippen molar-refractivity contribution in [1.82, 2.24) is 18.8 Å². The third-order valence-electron chi connectivity index (χ3n) is 3.92. The second-order valence-electron chi connectivity index (χ2n) is 5.40. The van der Waals surface area contributed by atoms with Crippen molar-refractivity contribution in [2.24, 2.45) is 5.92 Å². The molecule has 114 valence electrons. The summed E-state index contributed by atoms with van der Waals surface area (Å²) in [6, 6.07) is 4.94. The second kappa shape index (κ2) is 5.96. The highest BCUT2D eigenvalue weighted by Crippen LogP contribution is 2.22. The van der Waals surface area contributed by atoms with Crippen LogP contribution in [0.4, 0.5) is 0 Å². The Balaban J connectivity index is 1.85. The van der Waals surface area contributed by atoms with Gasteiger partial charge in [0, 0.05) is 6.04 Å². The molecule has 1 aliphatic rings. The Labute approximate surface area is 128 Å². The molecule has 1 saturated heterocycles. The minimum absolute atomic E-state index is 0.107. The van der Waals surface area contributed by atoms with Gasteiger partial charge in [0.15, 0.2) is 0 Å². The van der Waals surface area contributed by atoms with Gasteiger partial charge < -0.3 is 5.32 Å². The maximum Gasteiger partial charge on any atom is 0.243 e. The predicted octanol–water partition coefficient (Wildman–Crippen LogP) is 1.36. The first-order chi connectivity index (χ1) is 10.1. The number of rotatable bonds is 4. The van der Waals surface area contributed by atoms with Gasteiger partial charge in [-0.2, -0.15) is 8.75 Å². The van der Waals surface area contributed by atoms with Crippen LogP contribution in [0.15, 0.2) is 23.1 Å². The fourth-order valence-electron chi connectivity index (χ4n) is 2.71. The number of piperidine rings is 1. The fourth-order valence-corrected chi connectivity index (χ4v) is 4.79. The summed E-state index contributed by atoms with van der Waals surface area (Å²) in [6.07, 6.45) is 2.13. The molecule has 0 bridgehead atoms. The van der Waals surface area contributed by atoms with Crippen LogP contribution in [0.3, 0.4) is 0 Å². The van der Waals surface area contributed by atoms with E-state index in [2.05, 4.69) is 18.8 Å².